The Balaban J connectivity index is 2.00. The smallest absolute Gasteiger partial charge is 0.226 e. The Labute approximate surface area is 114 Å². The molecular weight excluding hydrogens is 266 g/mol. The van der Waals surface area contributed by atoms with Crippen LogP contribution in [0.4, 0.5) is 5.13 Å². The summed E-state index contributed by atoms with van der Waals surface area (Å²) in [6.45, 7) is 0. The van der Waals surface area contributed by atoms with Gasteiger partial charge in [-0.3, -0.25) is 9.78 Å². The summed E-state index contributed by atoms with van der Waals surface area (Å²) in [5.74, 6) is 0.837. The lowest BCUT2D eigenvalue weighted by Crippen LogP contribution is -2.11. The number of thioether (sulfide) groups is 1. The van der Waals surface area contributed by atoms with E-state index in [1.54, 1.807) is 24.2 Å². The molecule has 1 N–H and O–H groups in total. The van der Waals surface area contributed by atoms with Crippen LogP contribution in [-0.2, 0) is 4.79 Å². The Bertz CT molecular complexity index is 513. The average molecular weight is 279 g/mol. The van der Waals surface area contributed by atoms with Crippen LogP contribution in [-0.4, -0.2) is 27.9 Å². The molecule has 0 spiro atoms. The fraction of sp³-hybridized carbons (Fsp3) is 0.250. The first-order valence-corrected chi connectivity index (χ1v) is 7.71. The molecule has 0 unspecified atom stereocenters. The van der Waals surface area contributed by atoms with Crippen LogP contribution in [0.1, 0.15) is 6.42 Å². The fourth-order valence-corrected chi connectivity index (χ4v) is 2.48. The fourth-order valence-electron chi connectivity index (χ4n) is 1.35. The Morgan fingerprint density at radius 3 is 3.17 bits per heavy atom. The number of hydrogen-bond acceptors (Lipinski definition) is 5. The summed E-state index contributed by atoms with van der Waals surface area (Å²) < 4.78 is 0. The van der Waals surface area contributed by atoms with Crippen LogP contribution in [0.25, 0.3) is 11.3 Å². The van der Waals surface area contributed by atoms with Crippen LogP contribution < -0.4 is 5.32 Å². The van der Waals surface area contributed by atoms with Gasteiger partial charge in [0.15, 0.2) is 5.13 Å². The molecule has 2 aromatic rings. The highest BCUT2D eigenvalue weighted by Crippen LogP contribution is 2.24. The molecule has 0 aliphatic rings. The topological polar surface area (TPSA) is 54.9 Å². The molecule has 0 aliphatic heterocycles. The molecule has 94 valence electrons. The predicted molar refractivity (Wildman–Crippen MR) is 77.0 cm³/mol. The molecule has 2 heterocycles. The van der Waals surface area contributed by atoms with E-state index < -0.39 is 0 Å². The summed E-state index contributed by atoms with van der Waals surface area (Å²) in [6.07, 6.45) is 5.98. The number of nitrogens with one attached hydrogen (secondary N) is 1. The highest BCUT2D eigenvalue weighted by molar-refractivity contribution is 7.98. The lowest BCUT2D eigenvalue weighted by molar-refractivity contribution is -0.115. The van der Waals surface area contributed by atoms with Gasteiger partial charge in [0.1, 0.15) is 0 Å². The summed E-state index contributed by atoms with van der Waals surface area (Å²) in [6, 6.07) is 3.81. The number of anilines is 1. The van der Waals surface area contributed by atoms with Gasteiger partial charge in [-0.15, -0.1) is 11.3 Å². The maximum absolute atomic E-state index is 11.5. The number of carbonyl (C=O) groups is 1. The van der Waals surface area contributed by atoms with Gasteiger partial charge >= 0.3 is 0 Å². The van der Waals surface area contributed by atoms with Gasteiger partial charge in [-0.05, 0) is 18.4 Å². The molecule has 4 nitrogen and oxygen atoms in total. The van der Waals surface area contributed by atoms with E-state index in [2.05, 4.69) is 15.3 Å². The number of aromatic nitrogens is 2. The number of rotatable bonds is 5. The molecule has 0 radical (unpaired) electrons. The number of thiazole rings is 1. The number of hydrogen-bond donors (Lipinski definition) is 1. The summed E-state index contributed by atoms with van der Waals surface area (Å²) in [5.41, 5.74) is 1.80. The summed E-state index contributed by atoms with van der Waals surface area (Å²) in [5, 5.41) is 5.36. The molecule has 6 heteroatoms. The van der Waals surface area contributed by atoms with Crippen LogP contribution in [0, 0.1) is 0 Å². The van der Waals surface area contributed by atoms with Crippen molar-refractivity contribution in [1.82, 2.24) is 9.97 Å². The Morgan fingerprint density at radius 1 is 1.56 bits per heavy atom. The minimum absolute atomic E-state index is 0.0106. The Morgan fingerprint density at radius 2 is 2.44 bits per heavy atom. The molecule has 0 saturated heterocycles. The van der Waals surface area contributed by atoms with E-state index in [9.17, 15) is 4.79 Å². The van der Waals surface area contributed by atoms with Crippen molar-refractivity contribution in [2.24, 2.45) is 0 Å². The first-order valence-electron chi connectivity index (χ1n) is 5.44. The van der Waals surface area contributed by atoms with Crippen LogP contribution >= 0.6 is 23.1 Å². The number of amides is 1. The van der Waals surface area contributed by atoms with Crippen molar-refractivity contribution in [2.45, 2.75) is 6.42 Å². The first kappa shape index (κ1) is 13.0. The first-order chi connectivity index (χ1) is 8.79. The number of nitrogens with zero attached hydrogens (tertiary/aromatic N) is 2. The van der Waals surface area contributed by atoms with Crippen LogP contribution in [0.2, 0.25) is 0 Å². The van der Waals surface area contributed by atoms with Crippen LogP contribution in [0.5, 0.6) is 0 Å². The molecule has 0 bridgehead atoms. The van der Waals surface area contributed by atoms with Crippen molar-refractivity contribution in [3.63, 3.8) is 0 Å². The highest BCUT2D eigenvalue weighted by atomic mass is 32.2. The molecule has 1 amide bonds. The second kappa shape index (κ2) is 6.51. The largest absolute Gasteiger partial charge is 0.302 e. The minimum atomic E-state index is 0.0106. The van der Waals surface area contributed by atoms with Gasteiger partial charge in [-0.2, -0.15) is 11.8 Å². The van der Waals surface area contributed by atoms with E-state index >= 15 is 0 Å². The third kappa shape index (κ3) is 3.54. The molecule has 0 aliphatic carbocycles. The van der Waals surface area contributed by atoms with E-state index in [0.29, 0.717) is 11.6 Å². The molecule has 2 rings (SSSR count). The maximum atomic E-state index is 11.5. The zero-order valence-electron chi connectivity index (χ0n) is 9.92. The average Bonchev–Trinajstić information content (AvgIpc) is 2.86. The monoisotopic (exact) mass is 279 g/mol. The quantitative estimate of drug-likeness (QED) is 0.914. The summed E-state index contributed by atoms with van der Waals surface area (Å²) >= 11 is 3.09. The third-order valence-corrected chi connectivity index (χ3v) is 3.61. The Hall–Kier alpha value is -1.40. The molecule has 18 heavy (non-hydrogen) atoms. The van der Waals surface area contributed by atoms with Gasteiger partial charge in [-0.25, -0.2) is 4.98 Å². The zero-order valence-corrected chi connectivity index (χ0v) is 11.6. The summed E-state index contributed by atoms with van der Waals surface area (Å²) in [7, 11) is 0. The summed E-state index contributed by atoms with van der Waals surface area (Å²) in [4.78, 5) is 20.0. The van der Waals surface area contributed by atoms with Crippen molar-refractivity contribution >= 4 is 34.1 Å². The molecule has 0 atom stereocenters. The van der Waals surface area contributed by atoms with Crippen molar-refractivity contribution in [3.8, 4) is 11.3 Å². The van der Waals surface area contributed by atoms with E-state index in [4.69, 9.17) is 0 Å². The zero-order chi connectivity index (χ0) is 12.8. The molecule has 2 aromatic heterocycles. The minimum Gasteiger partial charge on any atom is -0.302 e. The van der Waals surface area contributed by atoms with E-state index in [-0.39, 0.29) is 5.91 Å². The molecular formula is C12H13N3OS2. The predicted octanol–water partition coefficient (Wildman–Crippen LogP) is 2.90. The normalized spacial score (nSPS) is 10.3. The third-order valence-electron chi connectivity index (χ3n) is 2.24. The molecule has 0 aromatic carbocycles. The van der Waals surface area contributed by atoms with Crippen molar-refractivity contribution in [2.75, 3.05) is 17.3 Å². The number of carbonyl (C=O) groups excluding carboxylic acids is 1. The Kier molecular flexibility index (Phi) is 4.72. The number of pyridine rings is 1. The van der Waals surface area contributed by atoms with Gasteiger partial charge in [-0.1, -0.05) is 0 Å². The molecule has 0 saturated carbocycles. The van der Waals surface area contributed by atoms with Crippen molar-refractivity contribution in [1.29, 1.82) is 0 Å². The van der Waals surface area contributed by atoms with Gasteiger partial charge in [0.2, 0.25) is 5.91 Å². The van der Waals surface area contributed by atoms with Crippen LogP contribution in [0.3, 0.4) is 0 Å². The van der Waals surface area contributed by atoms with Gasteiger partial charge in [0.25, 0.3) is 0 Å². The second-order valence-electron chi connectivity index (χ2n) is 3.57. The van der Waals surface area contributed by atoms with Gasteiger partial charge in [0, 0.05) is 35.5 Å². The lowest BCUT2D eigenvalue weighted by atomic mass is 10.2. The van der Waals surface area contributed by atoms with E-state index in [0.717, 1.165) is 17.0 Å². The van der Waals surface area contributed by atoms with Gasteiger partial charge < -0.3 is 5.32 Å². The van der Waals surface area contributed by atoms with Crippen LogP contribution in [0.15, 0.2) is 29.9 Å². The standard InChI is InChI=1S/C12H13N3OS2/c1-17-6-4-11(16)15-12-14-10(8-18-12)9-3-2-5-13-7-9/h2-3,5,7-8H,4,6H2,1H3,(H,14,15,16). The van der Waals surface area contributed by atoms with Crippen molar-refractivity contribution in [3.05, 3.63) is 29.9 Å². The van der Waals surface area contributed by atoms with Crippen molar-refractivity contribution < 1.29 is 4.79 Å². The SMILES string of the molecule is CSCCC(=O)Nc1nc(-c2cccnc2)cs1. The van der Waals surface area contributed by atoms with E-state index in [1.165, 1.54) is 11.3 Å². The second-order valence-corrected chi connectivity index (χ2v) is 5.41. The molecule has 0 fully saturated rings. The highest BCUT2D eigenvalue weighted by Gasteiger charge is 2.07. The maximum Gasteiger partial charge on any atom is 0.226 e. The van der Waals surface area contributed by atoms with Gasteiger partial charge in [0.05, 0.1) is 5.69 Å². The lowest BCUT2D eigenvalue weighted by Gasteiger charge is -1.99. The van der Waals surface area contributed by atoms with E-state index in [1.807, 2.05) is 23.8 Å².